The summed E-state index contributed by atoms with van der Waals surface area (Å²) in [6, 6.07) is -2.89. The molecule has 7 fully saturated rings. The van der Waals surface area contributed by atoms with Crippen molar-refractivity contribution in [3.8, 4) is 0 Å². The predicted molar refractivity (Wildman–Crippen MR) is 221 cm³/mol. The van der Waals surface area contributed by atoms with E-state index in [0.717, 1.165) is 77.2 Å². The van der Waals surface area contributed by atoms with E-state index in [1.807, 2.05) is 20.8 Å². The fourth-order valence-corrected chi connectivity index (χ4v) is 13.5. The van der Waals surface area contributed by atoms with Gasteiger partial charge in [-0.1, -0.05) is 72.8 Å². The molecule has 0 aromatic rings. The highest BCUT2D eigenvalue weighted by atomic mass is 32.2. The second-order valence-electron chi connectivity index (χ2n) is 21.0. The van der Waals surface area contributed by atoms with Crippen LogP contribution in [0.4, 0.5) is 0 Å². The summed E-state index contributed by atoms with van der Waals surface area (Å²) >= 11 is 0. The van der Waals surface area contributed by atoms with Gasteiger partial charge in [0.05, 0.1) is 11.3 Å². The number of sulfonamides is 1. The van der Waals surface area contributed by atoms with Gasteiger partial charge in [0, 0.05) is 23.9 Å². The topological polar surface area (TPSA) is 174 Å². The van der Waals surface area contributed by atoms with Crippen molar-refractivity contribution >= 4 is 39.6 Å². The van der Waals surface area contributed by atoms with Crippen LogP contribution in [0, 0.1) is 33.5 Å². The van der Waals surface area contributed by atoms with Gasteiger partial charge in [0.15, 0.2) is 0 Å². The molecule has 0 bridgehead atoms. The van der Waals surface area contributed by atoms with Crippen LogP contribution in [0.2, 0.25) is 0 Å². The monoisotopic (exact) mass is 827 g/mol. The fourth-order valence-electron chi connectivity index (χ4n) is 12.1. The zero-order valence-corrected chi connectivity index (χ0v) is 36.9. The van der Waals surface area contributed by atoms with Crippen LogP contribution in [-0.4, -0.2) is 102 Å². The summed E-state index contributed by atoms with van der Waals surface area (Å²) in [4.78, 5) is 76.2. The van der Waals surface area contributed by atoms with Gasteiger partial charge in [0.25, 0.3) is 5.91 Å². The first kappa shape index (κ1) is 43.1. The molecule has 13 nitrogen and oxygen atoms in total. The Bertz CT molecular complexity index is 1790. The molecule has 0 aromatic heterocycles. The Balaban J connectivity index is 1.15. The van der Waals surface area contributed by atoms with E-state index >= 15 is 4.79 Å². The number of piperidine rings is 1. The van der Waals surface area contributed by atoms with E-state index in [9.17, 15) is 27.6 Å². The van der Waals surface area contributed by atoms with E-state index in [-0.39, 0.29) is 58.4 Å². The molecular weight excluding hydrogens is 757 g/mol. The molecule has 14 heteroatoms. The third kappa shape index (κ3) is 7.21. The number of carbonyl (C=O) groups excluding carboxylic acids is 5. The molecule has 5 saturated carbocycles. The van der Waals surface area contributed by atoms with Crippen molar-refractivity contribution < 1.29 is 32.4 Å². The molecule has 0 aromatic carbocycles. The van der Waals surface area contributed by atoms with Gasteiger partial charge in [0.2, 0.25) is 33.7 Å². The molecule has 58 heavy (non-hydrogen) atoms. The lowest BCUT2D eigenvalue weighted by atomic mass is 9.73. The number of hydrogen-bond donors (Lipinski definition) is 4. The molecule has 5 aliphatic carbocycles. The largest absolute Gasteiger partial charge is 0.343 e. The Morgan fingerprint density at radius 3 is 2.00 bits per heavy atom. The van der Waals surface area contributed by atoms with Crippen LogP contribution in [0.3, 0.4) is 0 Å². The van der Waals surface area contributed by atoms with E-state index < -0.39 is 62.1 Å². The second-order valence-corrected chi connectivity index (χ2v) is 23.0. The van der Waals surface area contributed by atoms with Crippen LogP contribution < -0.4 is 20.7 Å². The molecule has 0 unspecified atom stereocenters. The predicted octanol–water partition coefficient (Wildman–Crippen LogP) is 4.31. The van der Waals surface area contributed by atoms with Crippen molar-refractivity contribution in [2.45, 2.75) is 186 Å². The highest BCUT2D eigenvalue weighted by molar-refractivity contribution is 7.91. The van der Waals surface area contributed by atoms with Crippen molar-refractivity contribution in [3.63, 3.8) is 0 Å². The second kappa shape index (κ2) is 15.2. The van der Waals surface area contributed by atoms with Gasteiger partial charge in [-0.15, -0.1) is 6.58 Å². The summed E-state index contributed by atoms with van der Waals surface area (Å²) in [6.45, 7) is 19.4. The Morgan fingerprint density at radius 1 is 0.810 bits per heavy atom. The third-order valence-electron chi connectivity index (χ3n) is 16.3. The summed E-state index contributed by atoms with van der Waals surface area (Å²) in [5.74, 6) is -2.69. The minimum atomic E-state index is -3.87. The maximum atomic E-state index is 15.2. The van der Waals surface area contributed by atoms with Gasteiger partial charge >= 0.3 is 0 Å². The number of rotatable bonds is 13. The summed E-state index contributed by atoms with van der Waals surface area (Å²) in [5, 5.41) is 8.70. The van der Waals surface area contributed by atoms with Crippen LogP contribution in [-0.2, 0) is 34.0 Å². The van der Waals surface area contributed by atoms with Crippen molar-refractivity contribution in [1.29, 1.82) is 0 Å². The van der Waals surface area contributed by atoms with Gasteiger partial charge in [-0.3, -0.25) is 33.6 Å². The Kier molecular flexibility index (Phi) is 11.3. The third-order valence-corrected chi connectivity index (χ3v) is 18.1. The lowest BCUT2D eigenvalue weighted by Gasteiger charge is -2.40. The SMILES string of the molecule is C=C[C@@H]1C[C@]1(NC(=O)[C@@H]1C[C@@]2(CN1C(=O)[C@@H](NC(=O)[C@@H](NC(=O)[C@@H]1CCCCN1C(C)C)C1CCCCC1)C(C)(C)C)C(C)(C)C21CCC1)C(=O)NS(=O)(=O)C1CC1. The highest BCUT2D eigenvalue weighted by Crippen LogP contribution is 2.88. The zero-order chi connectivity index (χ0) is 42.2. The average molecular weight is 827 g/mol. The quantitative estimate of drug-likeness (QED) is 0.199. The van der Waals surface area contributed by atoms with Crippen LogP contribution >= 0.6 is 0 Å². The lowest BCUT2D eigenvalue weighted by Crippen LogP contribution is -2.63. The maximum absolute atomic E-state index is 15.2. The summed E-state index contributed by atoms with van der Waals surface area (Å²) in [7, 11) is -3.87. The number of nitrogens with zero attached hydrogens (tertiary/aromatic N) is 2. The number of hydrogen-bond acceptors (Lipinski definition) is 8. The molecule has 2 spiro atoms. The number of fused-ring (bicyclic) bond motifs is 1. The fraction of sp³-hybridized carbons (Fsp3) is 0.841. The zero-order valence-electron chi connectivity index (χ0n) is 36.1. The molecule has 7 rings (SSSR count). The van der Waals surface area contributed by atoms with Crippen LogP contribution in [0.1, 0.15) is 145 Å². The number of carbonyl (C=O) groups is 5. The van der Waals surface area contributed by atoms with Gasteiger partial charge in [-0.05, 0) is 107 Å². The minimum Gasteiger partial charge on any atom is -0.343 e. The van der Waals surface area contributed by atoms with Crippen LogP contribution in [0.25, 0.3) is 0 Å². The van der Waals surface area contributed by atoms with Crippen molar-refractivity contribution in [1.82, 2.24) is 30.5 Å². The summed E-state index contributed by atoms with van der Waals surface area (Å²) < 4.78 is 27.9. The van der Waals surface area contributed by atoms with Crippen molar-refractivity contribution in [3.05, 3.63) is 12.7 Å². The minimum absolute atomic E-state index is 0.00990. The number of likely N-dealkylation sites (tertiary alicyclic amines) is 2. The van der Waals surface area contributed by atoms with E-state index in [0.29, 0.717) is 25.8 Å². The molecule has 7 atom stereocenters. The molecular formula is C44H70N6O7S. The first-order valence-electron chi connectivity index (χ1n) is 22.3. The van der Waals surface area contributed by atoms with Gasteiger partial charge in [0.1, 0.15) is 23.7 Å². The standard InChI is InChI=1S/C44H70N6O7S/c1-9-29-24-44(29,39(55)48-58(56,57)30-19-20-30)47-36(52)32-25-43(41(7,8)42(43)21-15-22-42)26-50(32)38(54)34(40(4,5)6)46-37(53)33(28-16-11-10-12-17-28)45-35(51)31-18-13-14-23-49(31)27(2)3/h9,27-34H,1,10-26H2,2-8H3,(H,45,51)(H,46,53)(H,47,52)(H,48,55)/t29-,31+,32+,33+,34-,43-,44-/m1/s1. The lowest BCUT2D eigenvalue weighted by molar-refractivity contribution is -0.145. The molecule has 2 heterocycles. The number of amides is 5. The van der Waals surface area contributed by atoms with Gasteiger partial charge < -0.3 is 20.9 Å². The smallest absolute Gasteiger partial charge is 0.259 e. The van der Waals surface area contributed by atoms with Crippen molar-refractivity contribution in [2.24, 2.45) is 33.5 Å². The molecule has 4 N–H and O–H groups in total. The normalized spacial score (nSPS) is 32.8. The molecule has 0 radical (unpaired) electrons. The Hall–Kier alpha value is -3.00. The Labute approximate surface area is 346 Å². The summed E-state index contributed by atoms with van der Waals surface area (Å²) in [6.07, 6.45) is 13.6. The van der Waals surface area contributed by atoms with Gasteiger partial charge in [-0.25, -0.2) is 8.42 Å². The molecule has 2 saturated heterocycles. The first-order valence-corrected chi connectivity index (χ1v) is 23.9. The highest BCUT2D eigenvalue weighted by Gasteiger charge is 2.85. The van der Waals surface area contributed by atoms with Gasteiger partial charge in [-0.2, -0.15) is 0 Å². The Morgan fingerprint density at radius 2 is 1.47 bits per heavy atom. The molecule has 324 valence electrons. The van der Waals surface area contributed by atoms with E-state index in [2.05, 4.69) is 59.8 Å². The van der Waals surface area contributed by atoms with E-state index in [1.54, 1.807) is 11.0 Å². The summed E-state index contributed by atoms with van der Waals surface area (Å²) in [5.41, 5.74) is -2.72. The number of nitrogens with one attached hydrogen (secondary N) is 4. The van der Waals surface area contributed by atoms with E-state index in [1.165, 1.54) is 0 Å². The van der Waals surface area contributed by atoms with Crippen LogP contribution in [0.5, 0.6) is 0 Å². The van der Waals surface area contributed by atoms with Crippen LogP contribution in [0.15, 0.2) is 12.7 Å². The maximum Gasteiger partial charge on any atom is 0.259 e. The first-order chi connectivity index (χ1) is 27.2. The molecule has 7 aliphatic rings. The molecule has 5 amide bonds. The average Bonchev–Trinajstić information content (AvgIpc) is 4.10. The molecule has 2 aliphatic heterocycles. The van der Waals surface area contributed by atoms with E-state index in [4.69, 9.17) is 0 Å². The van der Waals surface area contributed by atoms with Crippen molar-refractivity contribution in [2.75, 3.05) is 13.1 Å².